The lowest BCUT2D eigenvalue weighted by molar-refractivity contribution is 0.0714. The fraction of sp³-hybridized carbons (Fsp3) is 0.241. The van der Waals surface area contributed by atoms with Gasteiger partial charge in [0, 0.05) is 6.54 Å². The second-order valence-electron chi connectivity index (χ2n) is 8.91. The summed E-state index contributed by atoms with van der Waals surface area (Å²) in [6.07, 6.45) is 0. The van der Waals surface area contributed by atoms with E-state index < -0.39 is 23.2 Å². The lowest BCUT2D eigenvalue weighted by Crippen LogP contribution is -2.29. The highest BCUT2D eigenvalue weighted by atomic mass is 19.1. The van der Waals surface area contributed by atoms with Gasteiger partial charge in [-0.3, -0.25) is 9.59 Å². The molecule has 9 heteroatoms. The Morgan fingerprint density at radius 2 is 1.71 bits per heavy atom. The van der Waals surface area contributed by atoms with Crippen LogP contribution in [0.5, 0.6) is 23.0 Å². The maximum atomic E-state index is 14.1. The first kappa shape index (κ1) is 23.8. The average Bonchev–Trinajstić information content (AvgIpc) is 3.49. The normalized spacial score (nSPS) is 15.7. The third-order valence-corrected chi connectivity index (χ3v) is 6.60. The van der Waals surface area contributed by atoms with Crippen molar-refractivity contribution in [1.82, 2.24) is 4.90 Å². The lowest BCUT2D eigenvalue weighted by atomic mass is 9.97. The number of carbonyl (C=O) groups is 1. The predicted octanol–water partition coefficient (Wildman–Crippen LogP) is 5.20. The number of nitrogens with zero attached hydrogens (tertiary/aromatic N) is 1. The number of rotatable bonds is 7. The minimum Gasteiger partial charge on any atom is -0.490 e. The zero-order valence-electron chi connectivity index (χ0n) is 20.8. The zero-order chi connectivity index (χ0) is 26.4. The van der Waals surface area contributed by atoms with Crippen molar-refractivity contribution >= 4 is 16.9 Å². The van der Waals surface area contributed by atoms with E-state index in [1.165, 1.54) is 12.1 Å². The average molecular weight is 518 g/mol. The van der Waals surface area contributed by atoms with Crippen LogP contribution in [0.15, 0.2) is 63.8 Å². The molecule has 0 aliphatic carbocycles. The summed E-state index contributed by atoms with van der Waals surface area (Å²) in [5.41, 5.74) is 1.25. The van der Waals surface area contributed by atoms with E-state index in [4.69, 9.17) is 23.4 Å². The van der Waals surface area contributed by atoms with Gasteiger partial charge in [-0.1, -0.05) is 12.1 Å². The molecule has 38 heavy (non-hydrogen) atoms. The Balaban J connectivity index is 1.52. The molecular weight excluding hydrogens is 493 g/mol. The van der Waals surface area contributed by atoms with Crippen LogP contribution in [0.3, 0.4) is 0 Å². The molecule has 0 spiro atoms. The van der Waals surface area contributed by atoms with Crippen LogP contribution in [0.2, 0.25) is 0 Å². The third-order valence-electron chi connectivity index (χ3n) is 6.60. The Morgan fingerprint density at radius 3 is 2.53 bits per heavy atom. The summed E-state index contributed by atoms with van der Waals surface area (Å²) in [7, 11) is 0. The zero-order valence-corrected chi connectivity index (χ0v) is 20.8. The van der Waals surface area contributed by atoms with E-state index in [-0.39, 0.29) is 35.6 Å². The van der Waals surface area contributed by atoms with E-state index >= 15 is 0 Å². The van der Waals surface area contributed by atoms with Crippen LogP contribution in [0.4, 0.5) is 4.39 Å². The van der Waals surface area contributed by atoms with Gasteiger partial charge in [0.2, 0.25) is 12.6 Å². The van der Waals surface area contributed by atoms with Gasteiger partial charge in [-0.15, -0.1) is 0 Å². The molecule has 6 rings (SSSR count). The minimum absolute atomic E-state index is 0.0632. The van der Waals surface area contributed by atoms with Gasteiger partial charge in [-0.25, -0.2) is 4.39 Å². The Kier molecular flexibility index (Phi) is 5.90. The monoisotopic (exact) mass is 517 g/mol. The van der Waals surface area contributed by atoms with Gasteiger partial charge in [-0.2, -0.15) is 0 Å². The summed E-state index contributed by atoms with van der Waals surface area (Å²) in [6.45, 7) is 4.86. The van der Waals surface area contributed by atoms with Crippen LogP contribution in [0.1, 0.15) is 47.1 Å². The maximum Gasteiger partial charge on any atom is 0.291 e. The number of halogens is 1. The molecule has 0 fully saturated rings. The first-order chi connectivity index (χ1) is 18.5. The summed E-state index contributed by atoms with van der Waals surface area (Å²) in [6, 6.07) is 13.6. The quantitative estimate of drug-likeness (QED) is 0.333. The summed E-state index contributed by atoms with van der Waals surface area (Å²) in [5.74, 6) is 1.18. The van der Waals surface area contributed by atoms with E-state index in [0.717, 1.165) is 11.6 Å². The van der Waals surface area contributed by atoms with Gasteiger partial charge in [0.15, 0.2) is 28.4 Å². The van der Waals surface area contributed by atoms with Crippen LogP contribution in [-0.4, -0.2) is 30.8 Å². The second-order valence-corrected chi connectivity index (χ2v) is 8.91. The third kappa shape index (κ3) is 3.91. The van der Waals surface area contributed by atoms with Crippen LogP contribution in [-0.2, 0) is 6.54 Å². The molecule has 8 nitrogen and oxygen atoms in total. The molecule has 194 valence electrons. The Morgan fingerprint density at radius 1 is 0.921 bits per heavy atom. The highest BCUT2D eigenvalue weighted by molar-refractivity contribution is 5.99. The van der Waals surface area contributed by atoms with E-state index in [1.807, 2.05) is 19.9 Å². The second kappa shape index (κ2) is 9.41. The van der Waals surface area contributed by atoms with Crippen molar-refractivity contribution in [2.45, 2.75) is 26.4 Å². The van der Waals surface area contributed by atoms with Gasteiger partial charge >= 0.3 is 0 Å². The molecule has 1 aromatic heterocycles. The molecular formula is C29H24FNO7. The van der Waals surface area contributed by atoms with E-state index in [9.17, 15) is 14.0 Å². The first-order valence-electron chi connectivity index (χ1n) is 12.3. The molecule has 0 radical (unpaired) electrons. The van der Waals surface area contributed by atoms with Gasteiger partial charge in [-0.05, 0) is 67.4 Å². The largest absolute Gasteiger partial charge is 0.490 e. The highest BCUT2D eigenvalue weighted by Crippen LogP contribution is 2.42. The van der Waals surface area contributed by atoms with Crippen LogP contribution in [0, 0.1) is 5.82 Å². The molecule has 2 aliphatic rings. The van der Waals surface area contributed by atoms with Crippen LogP contribution < -0.4 is 24.4 Å². The van der Waals surface area contributed by atoms with Crippen molar-refractivity contribution in [3.8, 4) is 23.0 Å². The number of ether oxygens (including phenoxy) is 4. The molecule has 0 unspecified atom stereocenters. The smallest absolute Gasteiger partial charge is 0.291 e. The highest BCUT2D eigenvalue weighted by Gasteiger charge is 2.43. The Bertz CT molecular complexity index is 1630. The Labute approximate surface area is 217 Å². The molecule has 0 saturated carbocycles. The van der Waals surface area contributed by atoms with Crippen molar-refractivity contribution in [2.24, 2.45) is 0 Å². The molecule has 4 aromatic rings. The van der Waals surface area contributed by atoms with Crippen molar-refractivity contribution < 1.29 is 32.5 Å². The van der Waals surface area contributed by atoms with E-state index in [2.05, 4.69) is 0 Å². The summed E-state index contributed by atoms with van der Waals surface area (Å²) < 4.78 is 42.4. The summed E-state index contributed by atoms with van der Waals surface area (Å²) in [5, 5.41) is 0.0717. The molecule has 0 N–H and O–H groups in total. The van der Waals surface area contributed by atoms with Gasteiger partial charge in [0.1, 0.15) is 11.4 Å². The Hall–Kier alpha value is -4.53. The molecule has 0 bridgehead atoms. The van der Waals surface area contributed by atoms with Crippen LogP contribution >= 0.6 is 0 Å². The molecule has 3 aromatic carbocycles. The summed E-state index contributed by atoms with van der Waals surface area (Å²) >= 11 is 0. The van der Waals surface area contributed by atoms with Gasteiger partial charge < -0.3 is 28.3 Å². The van der Waals surface area contributed by atoms with Gasteiger partial charge in [0.05, 0.1) is 30.2 Å². The number of benzene rings is 3. The minimum atomic E-state index is -0.804. The fourth-order valence-corrected chi connectivity index (χ4v) is 4.98. The maximum absolute atomic E-state index is 14.1. The van der Waals surface area contributed by atoms with Crippen molar-refractivity contribution in [2.75, 3.05) is 20.0 Å². The standard InChI is InChI=1S/C29H24FNO7/c1-3-34-21-9-6-17(12-24(21)35-4-2)26-25-27(32)19-13-18(30)7-10-20(19)38-28(25)29(33)31(26)14-16-5-8-22-23(11-16)37-15-36-22/h5-13,26H,3-4,14-15H2,1-2H3/t26-/m0/s1. The summed E-state index contributed by atoms with van der Waals surface area (Å²) in [4.78, 5) is 29.1. The predicted molar refractivity (Wildman–Crippen MR) is 136 cm³/mol. The first-order valence-corrected chi connectivity index (χ1v) is 12.3. The van der Waals surface area contributed by atoms with E-state index in [0.29, 0.717) is 41.8 Å². The number of hydrogen-bond donors (Lipinski definition) is 0. The van der Waals surface area contributed by atoms with Crippen molar-refractivity contribution in [3.05, 3.63) is 93.1 Å². The van der Waals surface area contributed by atoms with E-state index in [1.54, 1.807) is 35.2 Å². The number of hydrogen-bond acceptors (Lipinski definition) is 7. The molecule has 3 heterocycles. The van der Waals surface area contributed by atoms with Crippen molar-refractivity contribution in [1.29, 1.82) is 0 Å². The lowest BCUT2D eigenvalue weighted by Gasteiger charge is -2.26. The number of fused-ring (bicyclic) bond motifs is 3. The molecule has 2 aliphatic heterocycles. The molecule has 0 saturated heterocycles. The van der Waals surface area contributed by atoms with Gasteiger partial charge in [0.25, 0.3) is 5.91 Å². The molecule has 1 amide bonds. The molecule has 1 atom stereocenters. The number of carbonyl (C=O) groups excluding carboxylic acids is 1. The topological polar surface area (TPSA) is 87.4 Å². The van der Waals surface area contributed by atoms with Crippen LogP contribution in [0.25, 0.3) is 11.0 Å². The number of amides is 1. The SMILES string of the molecule is CCOc1ccc([C@H]2c3c(oc4ccc(F)cc4c3=O)C(=O)N2Cc2ccc3c(c2)OCO3)cc1OCC. The fourth-order valence-electron chi connectivity index (χ4n) is 4.98. The van der Waals surface area contributed by atoms with Crippen molar-refractivity contribution in [3.63, 3.8) is 0 Å².